The van der Waals surface area contributed by atoms with Gasteiger partial charge in [-0.3, -0.25) is 4.79 Å². The molecule has 0 aliphatic heterocycles. The summed E-state index contributed by atoms with van der Waals surface area (Å²) in [7, 11) is 1.61. The van der Waals surface area contributed by atoms with Crippen LogP contribution in [0, 0.1) is 0 Å². The van der Waals surface area contributed by atoms with Crippen LogP contribution in [0.25, 0.3) is 22.6 Å². The maximum Gasteiger partial charge on any atom is 0.270 e. The fraction of sp³-hybridized carbons (Fsp3) is 0.261. The van der Waals surface area contributed by atoms with Crippen LogP contribution in [0.2, 0.25) is 0 Å². The van der Waals surface area contributed by atoms with E-state index in [4.69, 9.17) is 14.1 Å². The molecule has 0 saturated carbocycles. The fourth-order valence-electron chi connectivity index (χ4n) is 3.79. The number of fused-ring (bicyclic) bond motifs is 1. The fourth-order valence-corrected chi connectivity index (χ4v) is 3.79. The number of oxazole rings is 1. The average Bonchev–Trinajstić information content (AvgIpc) is 3.47. The Bertz CT molecular complexity index is 1190. The molecule has 2 heterocycles. The molecule has 2 aromatic carbocycles. The number of nitrogens with one attached hydrogen (secondary N) is 2. The van der Waals surface area contributed by atoms with E-state index in [9.17, 15) is 9.90 Å². The molecule has 2 aromatic heterocycles. The van der Waals surface area contributed by atoms with Gasteiger partial charge in [-0.1, -0.05) is 19.1 Å². The van der Waals surface area contributed by atoms with Crippen LogP contribution in [0.5, 0.6) is 5.75 Å². The summed E-state index contributed by atoms with van der Waals surface area (Å²) in [5.41, 5.74) is 1.86. The second-order valence-corrected chi connectivity index (χ2v) is 7.32. The van der Waals surface area contributed by atoms with Crippen LogP contribution in [-0.2, 0) is 5.54 Å². The molecule has 4 rings (SSSR count). The predicted molar refractivity (Wildman–Crippen MR) is 123 cm³/mol. The molecule has 2 atom stereocenters. The molecule has 168 valence electrons. The lowest BCUT2D eigenvalue weighted by Crippen LogP contribution is -2.53. The van der Waals surface area contributed by atoms with E-state index in [0.717, 1.165) is 11.3 Å². The Morgan fingerprint density at radius 2 is 2.03 bits per heavy atom. The Hall–Kier alpha value is -3.36. The Labute approximate surface area is 191 Å². The van der Waals surface area contributed by atoms with Gasteiger partial charge in [-0.15, -0.1) is 12.4 Å². The molecule has 8 nitrogen and oxygen atoms in total. The largest absolute Gasteiger partial charge is 0.497 e. The highest BCUT2D eigenvalue weighted by molar-refractivity contribution is 5.93. The van der Waals surface area contributed by atoms with Gasteiger partial charge in [0, 0.05) is 11.1 Å². The van der Waals surface area contributed by atoms with Gasteiger partial charge in [-0.25, -0.2) is 9.97 Å². The summed E-state index contributed by atoms with van der Waals surface area (Å²) in [6.07, 6.45) is 2.42. The number of hydrogen-bond acceptors (Lipinski definition) is 6. The number of nitrogens with zero attached hydrogens (tertiary/aromatic N) is 2. The first-order chi connectivity index (χ1) is 15.0. The minimum absolute atomic E-state index is 0. The maximum atomic E-state index is 12.8. The Kier molecular flexibility index (Phi) is 6.86. The second kappa shape index (κ2) is 9.42. The third-order valence-electron chi connectivity index (χ3n) is 5.59. The lowest BCUT2D eigenvalue weighted by Gasteiger charge is -2.37. The first-order valence-electron chi connectivity index (χ1n) is 10.0. The first-order valence-corrected chi connectivity index (χ1v) is 10.0. The normalized spacial score (nSPS) is 13.8. The number of imidazole rings is 1. The smallest absolute Gasteiger partial charge is 0.270 e. The standard InChI is InChI=1S/C23H24N4O4.ClH/c1-4-23(14(2)28,27-21(29)18-12-24-13-25-18)17-6-5-7-19-20(17)26-22(31-19)15-8-10-16(30-3)11-9-15;/h5-14,28H,4H2,1-3H3,(H,24,25)(H,27,29);1H/t14-,23-;/m0./s1. The summed E-state index contributed by atoms with van der Waals surface area (Å²) in [5, 5.41) is 13.8. The van der Waals surface area contributed by atoms with Gasteiger partial charge in [0.1, 0.15) is 17.0 Å². The number of aliphatic hydroxyl groups excluding tert-OH is 1. The van der Waals surface area contributed by atoms with Crippen molar-refractivity contribution >= 4 is 29.4 Å². The summed E-state index contributed by atoms with van der Waals surface area (Å²) >= 11 is 0. The molecule has 0 unspecified atom stereocenters. The molecule has 9 heteroatoms. The van der Waals surface area contributed by atoms with Crippen molar-refractivity contribution in [3.05, 3.63) is 66.2 Å². The topological polar surface area (TPSA) is 113 Å². The third kappa shape index (κ3) is 4.06. The highest BCUT2D eigenvalue weighted by Gasteiger charge is 2.40. The second-order valence-electron chi connectivity index (χ2n) is 7.32. The van der Waals surface area contributed by atoms with Crippen molar-refractivity contribution in [2.75, 3.05) is 7.11 Å². The summed E-state index contributed by atoms with van der Waals surface area (Å²) in [6.45, 7) is 3.56. The number of benzene rings is 2. The zero-order valence-corrected chi connectivity index (χ0v) is 18.8. The molecule has 1 amide bonds. The number of H-pyrrole nitrogens is 1. The zero-order valence-electron chi connectivity index (χ0n) is 18.0. The maximum absolute atomic E-state index is 12.8. The molecular formula is C23H25ClN4O4. The molecule has 0 spiro atoms. The van der Waals surface area contributed by atoms with E-state index in [1.54, 1.807) is 14.0 Å². The van der Waals surface area contributed by atoms with Gasteiger partial charge in [0.05, 0.1) is 31.3 Å². The molecule has 32 heavy (non-hydrogen) atoms. The van der Waals surface area contributed by atoms with Crippen molar-refractivity contribution in [2.24, 2.45) is 0 Å². The SMILES string of the molecule is CC[C@@](NC(=O)c1cnc[nH]1)(c1cccc2oc(-c3ccc(OC)cc3)nc12)[C@H](C)O.Cl. The first kappa shape index (κ1) is 23.3. The summed E-state index contributed by atoms with van der Waals surface area (Å²) < 4.78 is 11.2. The monoisotopic (exact) mass is 456 g/mol. The van der Waals surface area contributed by atoms with Crippen LogP contribution in [0.15, 0.2) is 59.4 Å². The van der Waals surface area contributed by atoms with Crippen LogP contribution in [0.3, 0.4) is 0 Å². The van der Waals surface area contributed by atoms with Crippen LogP contribution in [0.4, 0.5) is 0 Å². The summed E-state index contributed by atoms with van der Waals surface area (Å²) in [4.78, 5) is 24.2. The highest BCUT2D eigenvalue weighted by atomic mass is 35.5. The minimum atomic E-state index is -1.07. The molecule has 0 saturated heterocycles. The van der Waals surface area contributed by atoms with Crippen LogP contribution in [0.1, 0.15) is 36.3 Å². The van der Waals surface area contributed by atoms with Crippen molar-refractivity contribution in [2.45, 2.75) is 31.9 Å². The van der Waals surface area contributed by atoms with Crippen molar-refractivity contribution < 1.29 is 19.1 Å². The van der Waals surface area contributed by atoms with Gasteiger partial charge in [-0.2, -0.15) is 0 Å². The van der Waals surface area contributed by atoms with Crippen LogP contribution >= 0.6 is 12.4 Å². The number of halogens is 1. The van der Waals surface area contributed by atoms with Crippen molar-refractivity contribution in [3.63, 3.8) is 0 Å². The van der Waals surface area contributed by atoms with E-state index in [1.807, 2.05) is 49.4 Å². The number of hydrogen-bond donors (Lipinski definition) is 3. The van der Waals surface area contributed by atoms with E-state index in [0.29, 0.717) is 34.7 Å². The lowest BCUT2D eigenvalue weighted by atomic mass is 9.81. The third-order valence-corrected chi connectivity index (χ3v) is 5.59. The molecule has 0 radical (unpaired) electrons. The summed E-state index contributed by atoms with van der Waals surface area (Å²) in [5.74, 6) is 0.817. The molecule has 4 aromatic rings. The summed E-state index contributed by atoms with van der Waals surface area (Å²) in [6, 6.07) is 12.9. The van der Waals surface area contributed by atoms with Crippen molar-refractivity contribution in [3.8, 4) is 17.2 Å². The van der Waals surface area contributed by atoms with Gasteiger partial charge in [0.15, 0.2) is 5.58 Å². The predicted octanol–water partition coefficient (Wildman–Crippen LogP) is 4.06. The van der Waals surface area contributed by atoms with Gasteiger partial charge < -0.3 is 24.6 Å². The molecular weight excluding hydrogens is 432 g/mol. The molecule has 0 bridgehead atoms. The van der Waals surface area contributed by atoms with Gasteiger partial charge in [0.2, 0.25) is 5.89 Å². The minimum Gasteiger partial charge on any atom is -0.497 e. The molecule has 0 aliphatic carbocycles. The molecule has 0 fully saturated rings. The number of para-hydroxylation sites is 1. The number of ether oxygens (including phenoxy) is 1. The number of carbonyl (C=O) groups is 1. The van der Waals surface area contributed by atoms with Crippen LogP contribution < -0.4 is 10.1 Å². The van der Waals surface area contributed by atoms with E-state index < -0.39 is 11.6 Å². The number of amides is 1. The number of methoxy groups -OCH3 is 1. The number of aromatic nitrogens is 3. The van der Waals surface area contributed by atoms with E-state index >= 15 is 0 Å². The van der Waals surface area contributed by atoms with Gasteiger partial charge in [0.25, 0.3) is 5.91 Å². The molecule has 0 aliphatic rings. The zero-order chi connectivity index (χ0) is 22.0. The van der Waals surface area contributed by atoms with E-state index in [-0.39, 0.29) is 18.3 Å². The average molecular weight is 457 g/mol. The highest BCUT2D eigenvalue weighted by Crippen LogP contribution is 2.36. The lowest BCUT2D eigenvalue weighted by molar-refractivity contribution is 0.0555. The Morgan fingerprint density at radius 1 is 1.28 bits per heavy atom. The quantitative estimate of drug-likeness (QED) is 0.386. The number of aliphatic hydroxyl groups is 1. The number of aromatic amines is 1. The number of carbonyl (C=O) groups excluding carboxylic acids is 1. The van der Waals surface area contributed by atoms with E-state index in [2.05, 4.69) is 15.3 Å². The Morgan fingerprint density at radius 3 is 2.62 bits per heavy atom. The van der Waals surface area contributed by atoms with Crippen molar-refractivity contribution in [1.82, 2.24) is 20.3 Å². The van der Waals surface area contributed by atoms with Gasteiger partial charge >= 0.3 is 0 Å². The molecule has 3 N–H and O–H groups in total. The number of rotatable bonds is 7. The van der Waals surface area contributed by atoms with Gasteiger partial charge in [-0.05, 0) is 43.7 Å². The Balaban J connectivity index is 0.00000289. The van der Waals surface area contributed by atoms with E-state index in [1.165, 1.54) is 12.5 Å². The van der Waals surface area contributed by atoms with Crippen molar-refractivity contribution in [1.29, 1.82) is 0 Å². The van der Waals surface area contributed by atoms with Crippen LogP contribution in [-0.4, -0.2) is 39.2 Å².